The van der Waals surface area contributed by atoms with E-state index in [9.17, 15) is 8.42 Å². The molecule has 0 atom stereocenters. The SMILES string of the molecule is COc1ccccc1CNS(=O)(=O)c1ccc(Br)cc1Br. The van der Waals surface area contributed by atoms with E-state index < -0.39 is 10.0 Å². The first-order valence-corrected chi connectivity index (χ1v) is 9.07. The van der Waals surface area contributed by atoms with Gasteiger partial charge in [-0.25, -0.2) is 13.1 Å². The topological polar surface area (TPSA) is 55.4 Å². The lowest BCUT2D eigenvalue weighted by Gasteiger charge is -2.11. The smallest absolute Gasteiger partial charge is 0.241 e. The highest BCUT2D eigenvalue weighted by atomic mass is 79.9. The minimum atomic E-state index is -3.60. The number of nitrogens with one attached hydrogen (secondary N) is 1. The van der Waals surface area contributed by atoms with E-state index in [2.05, 4.69) is 36.6 Å². The van der Waals surface area contributed by atoms with Crippen molar-refractivity contribution in [2.24, 2.45) is 0 Å². The zero-order chi connectivity index (χ0) is 15.5. The van der Waals surface area contributed by atoms with E-state index in [0.717, 1.165) is 10.0 Å². The van der Waals surface area contributed by atoms with Crippen LogP contribution in [-0.4, -0.2) is 15.5 Å². The zero-order valence-electron chi connectivity index (χ0n) is 11.1. The van der Waals surface area contributed by atoms with Gasteiger partial charge in [-0.2, -0.15) is 0 Å². The maximum absolute atomic E-state index is 12.3. The first-order chi connectivity index (χ1) is 9.94. The van der Waals surface area contributed by atoms with Gasteiger partial charge in [0.2, 0.25) is 10.0 Å². The Morgan fingerprint density at radius 3 is 2.52 bits per heavy atom. The standard InChI is InChI=1S/C14H13Br2NO3S/c1-20-13-5-3-2-4-10(13)9-17-21(18,19)14-7-6-11(15)8-12(14)16/h2-8,17H,9H2,1H3. The summed E-state index contributed by atoms with van der Waals surface area (Å²) in [7, 11) is -2.05. The summed E-state index contributed by atoms with van der Waals surface area (Å²) in [6.45, 7) is 0.162. The second-order valence-electron chi connectivity index (χ2n) is 4.21. The molecule has 2 rings (SSSR count). The van der Waals surface area contributed by atoms with Crippen LogP contribution in [-0.2, 0) is 16.6 Å². The van der Waals surface area contributed by atoms with Crippen LogP contribution in [0.3, 0.4) is 0 Å². The molecule has 0 saturated carbocycles. The van der Waals surface area contributed by atoms with Crippen LogP contribution in [0, 0.1) is 0 Å². The Labute approximate surface area is 140 Å². The number of benzene rings is 2. The minimum absolute atomic E-state index is 0.162. The second-order valence-corrected chi connectivity index (χ2v) is 7.72. The van der Waals surface area contributed by atoms with Crippen molar-refractivity contribution < 1.29 is 13.2 Å². The highest BCUT2D eigenvalue weighted by Crippen LogP contribution is 2.26. The van der Waals surface area contributed by atoms with E-state index in [0.29, 0.717) is 10.2 Å². The van der Waals surface area contributed by atoms with Gasteiger partial charge in [0.25, 0.3) is 0 Å². The molecule has 0 aliphatic heterocycles. The lowest BCUT2D eigenvalue weighted by Crippen LogP contribution is -2.23. The molecule has 0 aliphatic carbocycles. The van der Waals surface area contributed by atoms with E-state index in [1.807, 2.05) is 18.2 Å². The quantitative estimate of drug-likeness (QED) is 0.780. The summed E-state index contributed by atoms with van der Waals surface area (Å²) >= 11 is 6.56. The molecule has 0 saturated heterocycles. The van der Waals surface area contributed by atoms with Crippen LogP contribution in [0.2, 0.25) is 0 Å². The van der Waals surface area contributed by atoms with Gasteiger partial charge in [-0.15, -0.1) is 0 Å². The Balaban J connectivity index is 2.22. The molecular weight excluding hydrogens is 422 g/mol. The monoisotopic (exact) mass is 433 g/mol. The maximum Gasteiger partial charge on any atom is 0.241 e. The number of hydrogen-bond donors (Lipinski definition) is 1. The molecule has 4 nitrogen and oxygen atoms in total. The fourth-order valence-electron chi connectivity index (χ4n) is 1.79. The molecule has 0 bridgehead atoms. The summed E-state index contributed by atoms with van der Waals surface area (Å²) in [6, 6.07) is 12.2. The molecule has 0 aliphatic rings. The molecule has 0 radical (unpaired) electrons. The summed E-state index contributed by atoms with van der Waals surface area (Å²) in [5, 5.41) is 0. The first kappa shape index (κ1) is 16.5. The number of sulfonamides is 1. The van der Waals surface area contributed by atoms with E-state index in [1.54, 1.807) is 31.4 Å². The molecule has 112 valence electrons. The van der Waals surface area contributed by atoms with Crippen LogP contribution < -0.4 is 9.46 Å². The predicted molar refractivity (Wildman–Crippen MR) is 88.9 cm³/mol. The lowest BCUT2D eigenvalue weighted by molar-refractivity contribution is 0.409. The number of methoxy groups -OCH3 is 1. The number of ether oxygens (including phenoxy) is 1. The summed E-state index contributed by atoms with van der Waals surface area (Å²) in [6.07, 6.45) is 0. The molecule has 0 unspecified atom stereocenters. The van der Waals surface area contributed by atoms with Gasteiger partial charge >= 0.3 is 0 Å². The molecule has 7 heteroatoms. The van der Waals surface area contributed by atoms with Gasteiger partial charge in [0.1, 0.15) is 5.75 Å². The van der Waals surface area contributed by atoms with E-state index in [4.69, 9.17) is 4.74 Å². The van der Waals surface area contributed by atoms with Crippen molar-refractivity contribution in [2.45, 2.75) is 11.4 Å². The molecule has 0 aromatic heterocycles. The summed E-state index contributed by atoms with van der Waals surface area (Å²) < 4.78 is 33.8. The second kappa shape index (κ2) is 6.91. The van der Waals surface area contributed by atoms with Gasteiger partial charge < -0.3 is 4.74 Å². The van der Waals surface area contributed by atoms with Gasteiger partial charge in [-0.05, 0) is 40.2 Å². The van der Waals surface area contributed by atoms with Crippen molar-refractivity contribution in [1.29, 1.82) is 0 Å². The van der Waals surface area contributed by atoms with Gasteiger partial charge in [0.15, 0.2) is 0 Å². The Kier molecular flexibility index (Phi) is 5.43. The van der Waals surface area contributed by atoms with Crippen LogP contribution in [0.1, 0.15) is 5.56 Å². The van der Waals surface area contributed by atoms with Gasteiger partial charge in [0.05, 0.1) is 12.0 Å². The minimum Gasteiger partial charge on any atom is -0.496 e. The number of rotatable bonds is 5. The van der Waals surface area contributed by atoms with Crippen LogP contribution in [0.15, 0.2) is 56.3 Å². The summed E-state index contributed by atoms with van der Waals surface area (Å²) in [4.78, 5) is 0.195. The van der Waals surface area contributed by atoms with Gasteiger partial charge in [0, 0.05) is 21.1 Å². The number of halogens is 2. The Morgan fingerprint density at radius 2 is 1.86 bits per heavy atom. The van der Waals surface area contributed by atoms with Crippen LogP contribution in [0.5, 0.6) is 5.75 Å². The van der Waals surface area contributed by atoms with Crippen molar-refractivity contribution in [1.82, 2.24) is 4.72 Å². The molecule has 2 aromatic rings. The molecule has 21 heavy (non-hydrogen) atoms. The Morgan fingerprint density at radius 1 is 1.14 bits per heavy atom. The third kappa shape index (κ3) is 4.06. The number of para-hydroxylation sites is 1. The van der Waals surface area contributed by atoms with Gasteiger partial charge in [-0.3, -0.25) is 0 Å². The van der Waals surface area contributed by atoms with E-state index in [-0.39, 0.29) is 11.4 Å². The first-order valence-electron chi connectivity index (χ1n) is 6.00. The third-order valence-corrected chi connectivity index (χ3v) is 5.70. The van der Waals surface area contributed by atoms with Gasteiger partial charge in [-0.1, -0.05) is 34.1 Å². The summed E-state index contributed by atoms with van der Waals surface area (Å²) in [5.41, 5.74) is 0.775. The average Bonchev–Trinajstić information content (AvgIpc) is 2.45. The molecule has 2 aromatic carbocycles. The normalized spacial score (nSPS) is 11.4. The summed E-state index contributed by atoms with van der Waals surface area (Å²) in [5.74, 6) is 0.648. The van der Waals surface area contributed by atoms with Crippen molar-refractivity contribution in [2.75, 3.05) is 7.11 Å². The predicted octanol–water partition coefficient (Wildman–Crippen LogP) is 3.70. The Hall–Kier alpha value is -0.890. The number of hydrogen-bond acceptors (Lipinski definition) is 3. The van der Waals surface area contributed by atoms with E-state index >= 15 is 0 Å². The third-order valence-electron chi connectivity index (χ3n) is 2.83. The Bertz CT molecular complexity index is 748. The highest BCUT2D eigenvalue weighted by molar-refractivity contribution is 9.11. The van der Waals surface area contributed by atoms with Crippen LogP contribution >= 0.6 is 31.9 Å². The van der Waals surface area contributed by atoms with Crippen molar-refractivity contribution in [3.63, 3.8) is 0 Å². The fraction of sp³-hybridized carbons (Fsp3) is 0.143. The molecule has 0 spiro atoms. The zero-order valence-corrected chi connectivity index (χ0v) is 15.1. The molecule has 0 heterocycles. The van der Waals surface area contributed by atoms with Crippen molar-refractivity contribution in [3.8, 4) is 5.75 Å². The molecular formula is C14H13Br2NO3S. The molecule has 1 N–H and O–H groups in total. The molecule has 0 amide bonds. The largest absolute Gasteiger partial charge is 0.496 e. The van der Waals surface area contributed by atoms with E-state index in [1.165, 1.54) is 0 Å². The van der Waals surface area contributed by atoms with Crippen LogP contribution in [0.25, 0.3) is 0 Å². The van der Waals surface area contributed by atoms with Crippen molar-refractivity contribution in [3.05, 3.63) is 57.0 Å². The fourth-order valence-corrected chi connectivity index (χ4v) is 4.54. The maximum atomic E-state index is 12.3. The van der Waals surface area contributed by atoms with Crippen LogP contribution in [0.4, 0.5) is 0 Å². The van der Waals surface area contributed by atoms with Crippen molar-refractivity contribution >= 4 is 41.9 Å². The highest BCUT2D eigenvalue weighted by Gasteiger charge is 2.18. The molecule has 0 fully saturated rings. The lowest BCUT2D eigenvalue weighted by atomic mass is 10.2. The average molecular weight is 435 g/mol.